The molecule has 0 aromatic heterocycles. The van der Waals surface area contributed by atoms with Crippen LogP contribution >= 0.6 is 0 Å². The molecule has 0 saturated carbocycles. The normalized spacial score (nSPS) is 13.4. The fraction of sp³-hybridized carbons (Fsp3) is 0.348. The molecule has 0 N–H and O–H groups in total. The van der Waals surface area contributed by atoms with Crippen LogP contribution in [-0.2, 0) is 10.3 Å². The highest BCUT2D eigenvalue weighted by molar-refractivity contribution is 5.90. The highest BCUT2D eigenvalue weighted by atomic mass is 16.6. The summed E-state index contributed by atoms with van der Waals surface area (Å²) in [5.74, 6) is 0.730. The summed E-state index contributed by atoms with van der Waals surface area (Å²) in [7, 11) is 1.62. The van der Waals surface area contributed by atoms with Gasteiger partial charge in [-0.1, -0.05) is 36.4 Å². The number of hydrogen-bond donors (Lipinski definition) is 0. The summed E-state index contributed by atoms with van der Waals surface area (Å²) in [6.45, 7) is 11.5. The largest absolute Gasteiger partial charge is 0.497 e. The van der Waals surface area contributed by atoms with Crippen LogP contribution in [0.25, 0.3) is 0 Å². The van der Waals surface area contributed by atoms with Gasteiger partial charge < -0.3 is 9.47 Å². The van der Waals surface area contributed by atoms with Crippen LogP contribution in [0.1, 0.15) is 39.7 Å². The predicted octanol–water partition coefficient (Wildman–Crippen LogP) is 5.93. The average Bonchev–Trinajstić information content (AvgIpc) is 2.62. The van der Waals surface area contributed by atoms with Crippen LogP contribution in [0, 0.1) is 0 Å². The molecule has 144 valence electrons. The molecule has 0 aliphatic carbocycles. The van der Waals surface area contributed by atoms with Gasteiger partial charge in [-0.05, 0) is 63.9 Å². The summed E-state index contributed by atoms with van der Waals surface area (Å²) in [5, 5.41) is 0. The van der Waals surface area contributed by atoms with Gasteiger partial charge in [0.25, 0.3) is 0 Å². The van der Waals surface area contributed by atoms with Crippen molar-refractivity contribution < 1.29 is 14.3 Å². The number of anilines is 1. The Morgan fingerprint density at radius 2 is 1.63 bits per heavy atom. The fourth-order valence-corrected chi connectivity index (χ4v) is 3.05. The molecule has 0 saturated heterocycles. The van der Waals surface area contributed by atoms with E-state index in [1.54, 1.807) is 12.0 Å². The molecule has 2 aromatic carbocycles. The molecule has 0 heterocycles. The summed E-state index contributed by atoms with van der Waals surface area (Å²) in [5.41, 5.74) is 0.484. The van der Waals surface area contributed by atoms with Crippen LogP contribution in [0.2, 0.25) is 0 Å². The van der Waals surface area contributed by atoms with E-state index in [4.69, 9.17) is 9.47 Å². The summed E-state index contributed by atoms with van der Waals surface area (Å²) >= 11 is 0. The van der Waals surface area contributed by atoms with Gasteiger partial charge in [-0.2, -0.15) is 0 Å². The van der Waals surface area contributed by atoms with Gasteiger partial charge >= 0.3 is 6.09 Å². The van der Waals surface area contributed by atoms with E-state index >= 15 is 0 Å². The molecule has 0 radical (unpaired) electrons. The number of carbonyl (C=O) groups excluding carboxylic acids is 1. The molecule has 2 aromatic rings. The molecule has 1 amide bonds. The molecule has 0 fully saturated rings. The maximum Gasteiger partial charge on any atom is 0.415 e. The van der Waals surface area contributed by atoms with E-state index in [-0.39, 0.29) is 0 Å². The predicted molar refractivity (Wildman–Crippen MR) is 110 cm³/mol. The molecule has 1 atom stereocenters. The van der Waals surface area contributed by atoms with Crippen molar-refractivity contribution in [3.8, 4) is 5.75 Å². The van der Waals surface area contributed by atoms with E-state index in [0.717, 1.165) is 17.0 Å². The minimum Gasteiger partial charge on any atom is -0.497 e. The van der Waals surface area contributed by atoms with Crippen molar-refractivity contribution in [3.63, 3.8) is 0 Å². The summed E-state index contributed by atoms with van der Waals surface area (Å²) < 4.78 is 11.0. The number of methoxy groups -OCH3 is 1. The summed E-state index contributed by atoms with van der Waals surface area (Å²) in [6.07, 6.45) is 2.00. The van der Waals surface area contributed by atoms with Crippen molar-refractivity contribution in [2.24, 2.45) is 0 Å². The Morgan fingerprint density at radius 3 is 2.11 bits per heavy atom. The Bertz CT molecular complexity index is 762. The van der Waals surface area contributed by atoms with Crippen LogP contribution in [-0.4, -0.2) is 18.8 Å². The Balaban J connectivity index is 2.60. The third-order valence-electron chi connectivity index (χ3n) is 4.34. The van der Waals surface area contributed by atoms with Gasteiger partial charge in [0, 0.05) is 5.69 Å². The van der Waals surface area contributed by atoms with Gasteiger partial charge in [0.2, 0.25) is 0 Å². The Morgan fingerprint density at radius 1 is 1.04 bits per heavy atom. The van der Waals surface area contributed by atoms with Crippen LogP contribution in [0.5, 0.6) is 5.75 Å². The van der Waals surface area contributed by atoms with Crippen LogP contribution < -0.4 is 9.64 Å². The third kappa shape index (κ3) is 4.91. The fourth-order valence-electron chi connectivity index (χ4n) is 3.05. The average molecular weight is 367 g/mol. The van der Waals surface area contributed by atoms with Crippen LogP contribution in [0.3, 0.4) is 0 Å². The monoisotopic (exact) mass is 367 g/mol. The number of hydrogen-bond acceptors (Lipinski definition) is 3. The molecular weight excluding hydrogens is 338 g/mol. The van der Waals surface area contributed by atoms with Crippen molar-refractivity contribution in [2.75, 3.05) is 12.0 Å². The van der Waals surface area contributed by atoms with Crippen molar-refractivity contribution in [2.45, 2.75) is 45.3 Å². The van der Waals surface area contributed by atoms with Gasteiger partial charge in [-0.3, -0.25) is 4.90 Å². The first-order chi connectivity index (χ1) is 12.7. The van der Waals surface area contributed by atoms with E-state index in [0.29, 0.717) is 6.42 Å². The number of amides is 1. The lowest BCUT2D eigenvalue weighted by Crippen LogP contribution is -2.49. The molecule has 0 unspecified atom stereocenters. The first-order valence-electron chi connectivity index (χ1n) is 9.05. The Labute approximate surface area is 162 Å². The summed E-state index contributed by atoms with van der Waals surface area (Å²) in [4.78, 5) is 14.9. The van der Waals surface area contributed by atoms with E-state index in [2.05, 4.69) is 6.58 Å². The molecular formula is C23H29NO3. The maximum atomic E-state index is 13.2. The molecule has 2 rings (SSSR count). The van der Waals surface area contributed by atoms with Crippen molar-refractivity contribution in [1.82, 2.24) is 0 Å². The highest BCUT2D eigenvalue weighted by Crippen LogP contribution is 2.38. The Hall–Kier alpha value is -2.75. The molecule has 0 bridgehead atoms. The van der Waals surface area contributed by atoms with Crippen molar-refractivity contribution in [3.05, 3.63) is 72.8 Å². The molecule has 4 nitrogen and oxygen atoms in total. The zero-order valence-corrected chi connectivity index (χ0v) is 16.9. The second-order valence-corrected chi connectivity index (χ2v) is 7.65. The first-order valence-corrected chi connectivity index (χ1v) is 9.05. The third-order valence-corrected chi connectivity index (χ3v) is 4.34. The van der Waals surface area contributed by atoms with Gasteiger partial charge in [0.1, 0.15) is 11.4 Å². The minimum absolute atomic E-state index is 0.402. The number of benzene rings is 2. The van der Waals surface area contributed by atoms with Crippen molar-refractivity contribution >= 4 is 11.8 Å². The van der Waals surface area contributed by atoms with E-state index in [1.807, 2.05) is 88.4 Å². The van der Waals surface area contributed by atoms with Gasteiger partial charge in [-0.25, -0.2) is 4.79 Å². The topological polar surface area (TPSA) is 38.8 Å². The Kier molecular flexibility index (Phi) is 6.32. The second-order valence-electron chi connectivity index (χ2n) is 7.65. The lowest BCUT2D eigenvalue weighted by molar-refractivity contribution is 0.0539. The van der Waals surface area contributed by atoms with Crippen molar-refractivity contribution in [1.29, 1.82) is 0 Å². The zero-order chi connectivity index (χ0) is 20.1. The van der Waals surface area contributed by atoms with Crippen LogP contribution in [0.4, 0.5) is 10.5 Å². The molecule has 0 aliphatic heterocycles. The molecule has 0 aliphatic rings. The maximum absolute atomic E-state index is 13.2. The van der Waals surface area contributed by atoms with E-state index < -0.39 is 17.2 Å². The quantitative estimate of drug-likeness (QED) is 0.594. The number of nitrogens with zero attached hydrogens (tertiary/aromatic N) is 1. The molecule has 27 heavy (non-hydrogen) atoms. The minimum atomic E-state index is -0.653. The number of rotatable bonds is 6. The second kappa shape index (κ2) is 8.30. The first kappa shape index (κ1) is 20.6. The van der Waals surface area contributed by atoms with E-state index in [9.17, 15) is 4.79 Å². The van der Waals surface area contributed by atoms with Crippen LogP contribution in [0.15, 0.2) is 67.3 Å². The SMILES string of the molecule is C=CC[C@@](C)(c1ccccc1)N(C(=O)OC(C)(C)C)c1ccc(OC)cc1. The highest BCUT2D eigenvalue weighted by Gasteiger charge is 2.39. The standard InChI is InChI=1S/C23H29NO3/c1-7-17-23(5,18-11-9-8-10-12-18)24(21(25)27-22(2,3)4)19-13-15-20(26-6)16-14-19/h7-16H,1,17H2,2-6H3/t23-/m0/s1. The molecule has 4 heteroatoms. The smallest absolute Gasteiger partial charge is 0.415 e. The lowest BCUT2D eigenvalue weighted by Gasteiger charge is -2.42. The van der Waals surface area contributed by atoms with Gasteiger partial charge in [-0.15, -0.1) is 6.58 Å². The number of ether oxygens (including phenoxy) is 2. The number of carbonyl (C=O) groups is 1. The molecule has 0 spiro atoms. The van der Waals surface area contributed by atoms with Gasteiger partial charge in [0.15, 0.2) is 0 Å². The summed E-state index contributed by atoms with van der Waals surface area (Å²) in [6, 6.07) is 17.4. The lowest BCUT2D eigenvalue weighted by atomic mass is 9.86. The zero-order valence-electron chi connectivity index (χ0n) is 16.9. The van der Waals surface area contributed by atoms with Gasteiger partial charge in [0.05, 0.1) is 12.6 Å². The van der Waals surface area contributed by atoms with E-state index in [1.165, 1.54) is 0 Å².